The van der Waals surface area contributed by atoms with Gasteiger partial charge >= 0.3 is 6.43 Å². The zero-order chi connectivity index (χ0) is 11.4. The summed E-state index contributed by atoms with van der Waals surface area (Å²) in [5.41, 5.74) is 1.25. The summed E-state index contributed by atoms with van der Waals surface area (Å²) in [6, 6.07) is 5.09. The number of rotatable bonds is 3. The van der Waals surface area contributed by atoms with Crippen LogP contribution in [-0.4, -0.2) is 12.3 Å². The molecule has 0 atom stereocenters. The van der Waals surface area contributed by atoms with Gasteiger partial charge in [-0.05, 0) is 30.2 Å². The average Bonchev–Trinajstić information content (AvgIpc) is 2.20. The summed E-state index contributed by atoms with van der Waals surface area (Å²) >= 11 is 3.27. The summed E-state index contributed by atoms with van der Waals surface area (Å²) in [4.78, 5) is 10.8. The van der Waals surface area contributed by atoms with Crippen LogP contribution >= 0.6 is 15.9 Å². The molecule has 1 aromatic rings. The van der Waals surface area contributed by atoms with Gasteiger partial charge < -0.3 is 5.32 Å². The van der Waals surface area contributed by atoms with Gasteiger partial charge in [-0.15, -0.1) is 0 Å². The normalized spacial score (nSPS) is 10.5. The first-order valence-corrected chi connectivity index (χ1v) is 5.21. The minimum absolute atomic E-state index is 0.436. The summed E-state index contributed by atoms with van der Waals surface area (Å²) in [6.07, 6.45) is -2.32. The van der Waals surface area contributed by atoms with Crippen molar-refractivity contribution in [3.8, 4) is 0 Å². The van der Waals surface area contributed by atoms with Gasteiger partial charge in [-0.25, -0.2) is 0 Å². The van der Waals surface area contributed by atoms with E-state index in [4.69, 9.17) is 0 Å². The Hall–Kier alpha value is -0.970. The molecule has 0 unspecified atom stereocenters. The highest BCUT2D eigenvalue weighted by molar-refractivity contribution is 9.10. The predicted octanol–water partition coefficient (Wildman–Crippen LogP) is 3.22. The van der Waals surface area contributed by atoms with Gasteiger partial charge in [0.2, 0.25) is 0 Å². The molecule has 2 nitrogen and oxygen atoms in total. The van der Waals surface area contributed by atoms with Gasteiger partial charge in [0.15, 0.2) is 0 Å². The van der Waals surface area contributed by atoms with Crippen molar-refractivity contribution >= 4 is 27.5 Å². The van der Waals surface area contributed by atoms with Crippen LogP contribution in [0.25, 0.3) is 0 Å². The zero-order valence-corrected chi connectivity index (χ0v) is 9.64. The molecule has 5 heteroatoms. The molecule has 15 heavy (non-hydrogen) atoms. The molecule has 0 aromatic heterocycles. The van der Waals surface area contributed by atoms with Crippen molar-refractivity contribution < 1.29 is 13.6 Å². The molecule has 0 radical (unpaired) electrons. The van der Waals surface area contributed by atoms with E-state index in [0.29, 0.717) is 12.1 Å². The molecule has 1 aromatic carbocycles. The Morgan fingerprint density at radius 2 is 2.20 bits per heavy atom. The van der Waals surface area contributed by atoms with Crippen LogP contribution in [0.3, 0.4) is 0 Å². The van der Waals surface area contributed by atoms with E-state index < -0.39 is 12.3 Å². The van der Waals surface area contributed by atoms with Crippen molar-refractivity contribution in [2.75, 3.05) is 5.32 Å². The van der Waals surface area contributed by atoms with E-state index in [1.165, 1.54) is 0 Å². The summed E-state index contributed by atoms with van der Waals surface area (Å²) in [5.74, 6) is -1.27. The summed E-state index contributed by atoms with van der Waals surface area (Å²) in [5, 5.41) is 2.18. The Morgan fingerprint density at radius 3 is 2.73 bits per heavy atom. The fraction of sp³-hybridized carbons (Fsp3) is 0.300. The van der Waals surface area contributed by atoms with E-state index in [-0.39, 0.29) is 0 Å². The van der Waals surface area contributed by atoms with Crippen molar-refractivity contribution in [2.24, 2.45) is 0 Å². The molecule has 82 valence electrons. The second kappa shape index (κ2) is 5.21. The second-order valence-electron chi connectivity index (χ2n) is 2.94. The highest BCUT2D eigenvalue weighted by atomic mass is 79.9. The molecular formula is C10H10BrF2NO. The maximum Gasteiger partial charge on any atom is 0.315 e. The Labute approximate surface area is 94.8 Å². The third-order valence-electron chi connectivity index (χ3n) is 1.90. The number of benzene rings is 1. The maximum atomic E-state index is 12.0. The Balaban J connectivity index is 2.89. The maximum absolute atomic E-state index is 12.0. The number of anilines is 1. The molecule has 0 aliphatic carbocycles. The molecule has 0 spiro atoms. The molecule has 0 saturated carbocycles. The lowest BCUT2D eigenvalue weighted by atomic mass is 10.1. The first-order valence-electron chi connectivity index (χ1n) is 4.42. The minimum Gasteiger partial charge on any atom is -0.321 e. The van der Waals surface area contributed by atoms with Gasteiger partial charge in [0.1, 0.15) is 0 Å². The fourth-order valence-corrected chi connectivity index (χ4v) is 1.57. The number of aryl methyl sites for hydroxylation is 1. The lowest BCUT2D eigenvalue weighted by Gasteiger charge is -2.09. The quantitative estimate of drug-likeness (QED) is 0.903. The molecule has 0 aliphatic rings. The molecule has 1 amide bonds. The van der Waals surface area contributed by atoms with E-state index >= 15 is 0 Å². The molecule has 0 aliphatic heterocycles. The molecule has 0 bridgehead atoms. The van der Waals surface area contributed by atoms with Gasteiger partial charge in [0.05, 0.1) is 0 Å². The first kappa shape index (κ1) is 12.1. The summed E-state index contributed by atoms with van der Waals surface area (Å²) < 4.78 is 24.9. The Bertz CT molecular complexity index is 368. The predicted molar refractivity (Wildman–Crippen MR) is 58.2 cm³/mol. The van der Waals surface area contributed by atoms with Gasteiger partial charge in [-0.3, -0.25) is 4.79 Å². The molecular weight excluding hydrogens is 268 g/mol. The van der Waals surface area contributed by atoms with Gasteiger partial charge in [-0.2, -0.15) is 8.78 Å². The smallest absolute Gasteiger partial charge is 0.315 e. The van der Waals surface area contributed by atoms with Crippen LogP contribution in [0.15, 0.2) is 22.7 Å². The van der Waals surface area contributed by atoms with Crippen LogP contribution in [0, 0.1) is 0 Å². The standard InChI is InChI=1S/C10H10BrF2NO/c1-2-6-5-7(11)3-4-8(6)14-10(15)9(12)13/h3-5,9H,2H2,1H3,(H,14,15). The van der Waals surface area contributed by atoms with E-state index in [9.17, 15) is 13.6 Å². The topological polar surface area (TPSA) is 29.1 Å². The Kier molecular flexibility index (Phi) is 4.20. The minimum atomic E-state index is -2.99. The number of carbonyl (C=O) groups is 1. The van der Waals surface area contributed by atoms with Crippen LogP contribution in [0.5, 0.6) is 0 Å². The van der Waals surface area contributed by atoms with E-state index in [0.717, 1.165) is 10.0 Å². The van der Waals surface area contributed by atoms with Gasteiger partial charge in [0.25, 0.3) is 5.91 Å². The molecule has 0 saturated heterocycles. The SMILES string of the molecule is CCc1cc(Br)ccc1NC(=O)C(F)F. The first-order chi connectivity index (χ1) is 7.04. The van der Waals surface area contributed by atoms with Crippen molar-refractivity contribution in [1.82, 2.24) is 0 Å². The number of hydrogen-bond donors (Lipinski definition) is 1. The third-order valence-corrected chi connectivity index (χ3v) is 2.40. The molecule has 0 fully saturated rings. The van der Waals surface area contributed by atoms with Crippen LogP contribution in [0.2, 0.25) is 0 Å². The number of halogens is 3. The Morgan fingerprint density at radius 1 is 1.53 bits per heavy atom. The lowest BCUT2D eigenvalue weighted by molar-refractivity contribution is -0.126. The number of nitrogens with one attached hydrogen (secondary N) is 1. The van der Waals surface area contributed by atoms with Gasteiger partial charge in [-0.1, -0.05) is 22.9 Å². The third kappa shape index (κ3) is 3.27. The largest absolute Gasteiger partial charge is 0.321 e. The van der Waals surface area contributed by atoms with Crippen LogP contribution < -0.4 is 5.32 Å². The number of carbonyl (C=O) groups excluding carboxylic acids is 1. The van der Waals surface area contributed by atoms with Crippen molar-refractivity contribution in [2.45, 2.75) is 19.8 Å². The van der Waals surface area contributed by atoms with E-state index in [1.807, 2.05) is 6.92 Å². The summed E-state index contributed by atoms with van der Waals surface area (Å²) in [7, 11) is 0. The van der Waals surface area contributed by atoms with Crippen LogP contribution in [0.1, 0.15) is 12.5 Å². The molecule has 1 N–H and O–H groups in total. The number of hydrogen-bond acceptors (Lipinski definition) is 1. The molecule has 1 rings (SSSR count). The van der Waals surface area contributed by atoms with Crippen molar-refractivity contribution in [1.29, 1.82) is 0 Å². The second-order valence-corrected chi connectivity index (χ2v) is 3.86. The average molecular weight is 278 g/mol. The van der Waals surface area contributed by atoms with E-state index in [1.54, 1.807) is 18.2 Å². The van der Waals surface area contributed by atoms with Crippen molar-refractivity contribution in [3.63, 3.8) is 0 Å². The van der Waals surface area contributed by atoms with E-state index in [2.05, 4.69) is 21.2 Å². The monoisotopic (exact) mass is 277 g/mol. The van der Waals surface area contributed by atoms with Gasteiger partial charge in [0, 0.05) is 10.2 Å². The van der Waals surface area contributed by atoms with Crippen LogP contribution in [-0.2, 0) is 11.2 Å². The van der Waals surface area contributed by atoms with Crippen molar-refractivity contribution in [3.05, 3.63) is 28.2 Å². The molecule has 0 heterocycles. The zero-order valence-electron chi connectivity index (χ0n) is 8.06. The number of amides is 1. The highest BCUT2D eigenvalue weighted by Crippen LogP contribution is 2.21. The highest BCUT2D eigenvalue weighted by Gasteiger charge is 2.16. The lowest BCUT2D eigenvalue weighted by Crippen LogP contribution is -2.20. The van der Waals surface area contributed by atoms with Crippen LogP contribution in [0.4, 0.5) is 14.5 Å². The number of alkyl halides is 2. The summed E-state index contributed by atoms with van der Waals surface area (Å²) in [6.45, 7) is 1.89. The fourth-order valence-electron chi connectivity index (χ4n) is 1.16.